The van der Waals surface area contributed by atoms with Gasteiger partial charge in [0.2, 0.25) is 0 Å². The van der Waals surface area contributed by atoms with Gasteiger partial charge in [-0.15, -0.1) is 0 Å². The molecule has 0 aromatic rings. The van der Waals surface area contributed by atoms with Gasteiger partial charge >= 0.3 is 5.97 Å². The van der Waals surface area contributed by atoms with Crippen molar-refractivity contribution in [3.8, 4) is 0 Å². The van der Waals surface area contributed by atoms with Gasteiger partial charge in [-0.05, 0) is 12.8 Å². The van der Waals surface area contributed by atoms with E-state index in [1.165, 1.54) is 0 Å². The van der Waals surface area contributed by atoms with Crippen LogP contribution in [0, 0.1) is 0 Å². The van der Waals surface area contributed by atoms with E-state index >= 15 is 0 Å². The fraction of sp³-hybridized carbons (Fsp3) is 0.818. The summed E-state index contributed by atoms with van der Waals surface area (Å²) >= 11 is 0. The summed E-state index contributed by atoms with van der Waals surface area (Å²) in [7, 11) is 0. The quantitative estimate of drug-likeness (QED) is 0.648. The highest BCUT2D eigenvalue weighted by Gasteiger charge is 2.36. The van der Waals surface area contributed by atoms with Gasteiger partial charge in [0.15, 0.2) is 5.60 Å². The molecule has 0 aromatic heterocycles. The maximum Gasteiger partial charge on any atom is 0.336 e. The Labute approximate surface area is 90.3 Å². The molecule has 0 rings (SSSR count). The molecule has 0 saturated heterocycles. The number of carbonyl (C=O) groups is 2. The Morgan fingerprint density at radius 2 is 1.80 bits per heavy atom. The second-order valence-corrected chi connectivity index (χ2v) is 3.91. The minimum atomic E-state index is -1.86. The molecule has 0 amide bonds. The van der Waals surface area contributed by atoms with Gasteiger partial charge in [0, 0.05) is 12.8 Å². The van der Waals surface area contributed by atoms with Crippen LogP contribution in [0.25, 0.3) is 0 Å². The first kappa shape index (κ1) is 14.1. The zero-order valence-corrected chi connectivity index (χ0v) is 9.45. The minimum absolute atomic E-state index is 0.147. The molecule has 0 aromatic carbocycles. The maximum absolute atomic E-state index is 11.3. The molecule has 0 aliphatic rings. The van der Waals surface area contributed by atoms with Crippen LogP contribution in [0.3, 0.4) is 0 Å². The first-order valence-corrected chi connectivity index (χ1v) is 5.43. The lowest BCUT2D eigenvalue weighted by atomic mass is 9.90. The number of unbranched alkanes of at least 4 members (excludes halogenated alkanes) is 1. The molecular formula is C11H20O4. The molecule has 88 valence electrons. The van der Waals surface area contributed by atoms with Crippen molar-refractivity contribution in [1.29, 1.82) is 0 Å². The van der Waals surface area contributed by atoms with Gasteiger partial charge in [0.25, 0.3) is 0 Å². The van der Waals surface area contributed by atoms with Gasteiger partial charge < -0.3 is 10.2 Å². The Balaban J connectivity index is 4.37. The zero-order chi connectivity index (χ0) is 11.9. The number of rotatable bonds is 8. The molecule has 1 atom stereocenters. The normalized spacial score (nSPS) is 14.6. The van der Waals surface area contributed by atoms with E-state index in [-0.39, 0.29) is 18.6 Å². The van der Waals surface area contributed by atoms with E-state index in [1.807, 2.05) is 13.8 Å². The van der Waals surface area contributed by atoms with E-state index < -0.39 is 11.6 Å². The molecule has 4 nitrogen and oxygen atoms in total. The molecule has 4 heteroatoms. The van der Waals surface area contributed by atoms with Crippen molar-refractivity contribution in [2.75, 3.05) is 0 Å². The van der Waals surface area contributed by atoms with Gasteiger partial charge in [-0.1, -0.05) is 26.7 Å². The molecule has 0 aliphatic heterocycles. The largest absolute Gasteiger partial charge is 0.479 e. The Morgan fingerprint density at radius 3 is 2.20 bits per heavy atom. The molecule has 0 heterocycles. The van der Waals surface area contributed by atoms with Crippen molar-refractivity contribution in [1.82, 2.24) is 0 Å². The lowest BCUT2D eigenvalue weighted by molar-refractivity contribution is -0.162. The molecule has 0 fully saturated rings. The Bertz CT molecular complexity index is 225. The van der Waals surface area contributed by atoms with Crippen LogP contribution < -0.4 is 0 Å². The summed E-state index contributed by atoms with van der Waals surface area (Å²) in [5.41, 5.74) is -1.86. The molecule has 0 aliphatic carbocycles. The molecular weight excluding hydrogens is 196 g/mol. The van der Waals surface area contributed by atoms with Crippen molar-refractivity contribution in [2.24, 2.45) is 0 Å². The molecule has 0 spiro atoms. The number of carbonyl (C=O) groups excluding carboxylic acids is 1. The predicted molar refractivity (Wildman–Crippen MR) is 56.6 cm³/mol. The number of carboxylic acids is 1. The molecule has 0 bridgehead atoms. The summed E-state index contributed by atoms with van der Waals surface area (Å²) < 4.78 is 0. The number of hydrogen-bond donors (Lipinski definition) is 2. The van der Waals surface area contributed by atoms with Gasteiger partial charge in [0.05, 0.1) is 0 Å². The van der Waals surface area contributed by atoms with Crippen LogP contribution in [0.5, 0.6) is 0 Å². The van der Waals surface area contributed by atoms with Gasteiger partial charge in [-0.25, -0.2) is 4.79 Å². The van der Waals surface area contributed by atoms with Crippen molar-refractivity contribution in [3.05, 3.63) is 0 Å². The van der Waals surface area contributed by atoms with E-state index in [4.69, 9.17) is 5.11 Å². The Kier molecular flexibility index (Phi) is 6.17. The average molecular weight is 216 g/mol. The number of ketones is 1. The number of aliphatic carboxylic acids is 1. The highest BCUT2D eigenvalue weighted by atomic mass is 16.4. The van der Waals surface area contributed by atoms with Gasteiger partial charge in [0.1, 0.15) is 5.78 Å². The smallest absolute Gasteiger partial charge is 0.336 e. The topological polar surface area (TPSA) is 74.6 Å². The van der Waals surface area contributed by atoms with E-state index in [0.717, 1.165) is 6.42 Å². The first-order chi connectivity index (χ1) is 6.96. The fourth-order valence-electron chi connectivity index (χ4n) is 1.43. The highest BCUT2D eigenvalue weighted by Crippen LogP contribution is 2.20. The Hall–Kier alpha value is -0.900. The van der Waals surface area contributed by atoms with Crippen molar-refractivity contribution < 1.29 is 19.8 Å². The highest BCUT2D eigenvalue weighted by molar-refractivity contribution is 5.87. The monoisotopic (exact) mass is 216 g/mol. The van der Waals surface area contributed by atoms with Crippen molar-refractivity contribution in [2.45, 2.75) is 58.0 Å². The minimum Gasteiger partial charge on any atom is -0.479 e. The number of Topliss-reactive ketones (excluding diaryl/α,β-unsaturated/α-hetero) is 1. The van der Waals surface area contributed by atoms with Crippen LogP contribution in [0.1, 0.15) is 52.4 Å². The predicted octanol–water partition coefficient (Wildman–Crippen LogP) is 1.75. The van der Waals surface area contributed by atoms with E-state index in [0.29, 0.717) is 19.3 Å². The third kappa shape index (κ3) is 4.93. The summed E-state index contributed by atoms with van der Waals surface area (Å²) in [4.78, 5) is 22.2. The second-order valence-electron chi connectivity index (χ2n) is 3.91. The lowest BCUT2D eigenvalue weighted by Gasteiger charge is -2.22. The summed E-state index contributed by atoms with van der Waals surface area (Å²) in [5.74, 6) is -1.47. The summed E-state index contributed by atoms with van der Waals surface area (Å²) in [5, 5.41) is 18.7. The molecule has 2 N–H and O–H groups in total. The van der Waals surface area contributed by atoms with E-state index in [9.17, 15) is 14.7 Å². The van der Waals surface area contributed by atoms with Crippen LogP contribution in [0.2, 0.25) is 0 Å². The molecule has 15 heavy (non-hydrogen) atoms. The number of hydrogen-bond acceptors (Lipinski definition) is 3. The van der Waals surface area contributed by atoms with Crippen LogP contribution in [0.15, 0.2) is 0 Å². The first-order valence-electron chi connectivity index (χ1n) is 5.43. The van der Waals surface area contributed by atoms with Gasteiger partial charge in [-0.3, -0.25) is 4.79 Å². The molecule has 1 unspecified atom stereocenters. The second kappa shape index (κ2) is 6.56. The van der Waals surface area contributed by atoms with E-state index in [1.54, 1.807) is 0 Å². The van der Waals surface area contributed by atoms with Crippen molar-refractivity contribution in [3.63, 3.8) is 0 Å². The zero-order valence-electron chi connectivity index (χ0n) is 9.45. The number of aliphatic hydroxyl groups is 1. The summed E-state index contributed by atoms with van der Waals surface area (Å²) in [6.45, 7) is 3.76. The average Bonchev–Trinajstić information content (AvgIpc) is 2.14. The van der Waals surface area contributed by atoms with Crippen LogP contribution >= 0.6 is 0 Å². The van der Waals surface area contributed by atoms with E-state index in [2.05, 4.69) is 0 Å². The fourth-order valence-corrected chi connectivity index (χ4v) is 1.43. The number of carboxylic acid groups (broad SMARTS) is 1. The molecule has 0 radical (unpaired) electrons. The third-order valence-corrected chi connectivity index (χ3v) is 2.36. The van der Waals surface area contributed by atoms with Crippen LogP contribution in [-0.2, 0) is 9.59 Å². The van der Waals surface area contributed by atoms with Gasteiger partial charge in [-0.2, -0.15) is 0 Å². The standard InChI is InChI=1S/C11H20O4/c1-3-5-7-11(15,10(13)14)8-9(12)6-4-2/h15H,3-8H2,1-2H3,(H,13,14). The maximum atomic E-state index is 11.3. The Morgan fingerprint density at radius 1 is 1.20 bits per heavy atom. The lowest BCUT2D eigenvalue weighted by Crippen LogP contribution is -2.40. The van der Waals surface area contributed by atoms with Crippen LogP contribution in [0.4, 0.5) is 0 Å². The summed E-state index contributed by atoms with van der Waals surface area (Å²) in [6, 6.07) is 0. The SMILES string of the molecule is CCCCC(O)(CC(=O)CCC)C(=O)O. The van der Waals surface area contributed by atoms with Crippen molar-refractivity contribution >= 4 is 11.8 Å². The molecule has 0 saturated carbocycles. The third-order valence-electron chi connectivity index (χ3n) is 2.36. The summed E-state index contributed by atoms with van der Waals surface area (Å²) in [6.07, 6.45) is 2.31. The van der Waals surface area contributed by atoms with Crippen LogP contribution in [-0.4, -0.2) is 27.6 Å².